The number of aromatic nitrogens is 2. The molecule has 1 atom stereocenters. The van der Waals surface area contributed by atoms with Crippen molar-refractivity contribution in [3.8, 4) is 0 Å². The molecule has 0 radical (unpaired) electrons. The van der Waals surface area contributed by atoms with Crippen molar-refractivity contribution >= 4 is 62.2 Å². The third-order valence-corrected chi connectivity index (χ3v) is 8.77. The number of carbonyl (C=O) groups is 2. The Labute approximate surface area is 217 Å². The van der Waals surface area contributed by atoms with Gasteiger partial charge in [-0.1, -0.05) is 77.7 Å². The Morgan fingerprint density at radius 3 is 2.64 bits per heavy atom. The van der Waals surface area contributed by atoms with Crippen LogP contribution in [0.15, 0.2) is 98.3 Å². The topological polar surface area (TPSA) is 96.5 Å². The molecule has 5 aromatic rings. The molecule has 1 unspecified atom stereocenters. The molecule has 0 spiro atoms. The number of para-hydroxylation sites is 1. The summed E-state index contributed by atoms with van der Waals surface area (Å²) < 4.78 is 6.44. The number of benzene rings is 2. The number of ketones is 1. The van der Waals surface area contributed by atoms with Crippen LogP contribution in [0.1, 0.15) is 27.0 Å². The first-order valence-electron chi connectivity index (χ1n) is 10.9. The molecule has 1 amide bonds. The molecule has 0 fully saturated rings. The maximum atomic E-state index is 13.6. The molecule has 0 aliphatic carbocycles. The molecule has 6 rings (SSSR count). The van der Waals surface area contributed by atoms with E-state index in [9.17, 15) is 14.7 Å². The molecule has 178 valence electrons. The van der Waals surface area contributed by atoms with Gasteiger partial charge >= 0.3 is 0 Å². The van der Waals surface area contributed by atoms with Gasteiger partial charge in [0.1, 0.15) is 11.6 Å². The molecule has 1 aliphatic rings. The number of hydrogen-bond acceptors (Lipinski definition) is 9. The van der Waals surface area contributed by atoms with Crippen molar-refractivity contribution in [2.24, 2.45) is 0 Å². The van der Waals surface area contributed by atoms with Gasteiger partial charge < -0.3 is 9.52 Å². The van der Waals surface area contributed by atoms with Crippen LogP contribution in [0.2, 0.25) is 0 Å². The Bertz CT molecular complexity index is 1570. The Morgan fingerprint density at radius 2 is 1.86 bits per heavy atom. The Morgan fingerprint density at radius 1 is 1.06 bits per heavy atom. The van der Waals surface area contributed by atoms with Crippen molar-refractivity contribution in [3.05, 3.63) is 106 Å². The SMILES string of the molecule is O=C(C1=C(O)C(=O)N(c2nnc(SCc3ccccc3)s2)C1c1cccs1)c1cc2ccccc2o1. The van der Waals surface area contributed by atoms with Gasteiger partial charge in [-0.25, -0.2) is 0 Å². The van der Waals surface area contributed by atoms with E-state index in [4.69, 9.17) is 4.42 Å². The van der Waals surface area contributed by atoms with Gasteiger partial charge in [-0.15, -0.1) is 21.5 Å². The fraction of sp³-hybridized carbons (Fsp3) is 0.0769. The van der Waals surface area contributed by atoms with Crippen molar-refractivity contribution in [1.82, 2.24) is 10.2 Å². The summed E-state index contributed by atoms with van der Waals surface area (Å²) in [6.07, 6.45) is 0. The van der Waals surface area contributed by atoms with Crippen LogP contribution in [0.4, 0.5) is 5.13 Å². The van der Waals surface area contributed by atoms with Crippen LogP contribution in [-0.4, -0.2) is 27.0 Å². The molecule has 7 nitrogen and oxygen atoms in total. The van der Waals surface area contributed by atoms with E-state index < -0.39 is 23.5 Å². The summed E-state index contributed by atoms with van der Waals surface area (Å²) in [7, 11) is 0. The van der Waals surface area contributed by atoms with Crippen molar-refractivity contribution in [1.29, 1.82) is 0 Å². The highest BCUT2D eigenvalue weighted by Gasteiger charge is 2.47. The van der Waals surface area contributed by atoms with Gasteiger partial charge in [-0.05, 0) is 29.1 Å². The van der Waals surface area contributed by atoms with Crippen LogP contribution in [-0.2, 0) is 10.5 Å². The third-order valence-electron chi connectivity index (χ3n) is 5.72. The van der Waals surface area contributed by atoms with E-state index in [1.807, 2.05) is 66.0 Å². The molecule has 3 aromatic heterocycles. The van der Waals surface area contributed by atoms with Gasteiger partial charge in [-0.2, -0.15) is 0 Å². The number of aliphatic hydroxyl groups excluding tert-OH is 1. The van der Waals surface area contributed by atoms with Crippen molar-refractivity contribution < 1.29 is 19.1 Å². The number of fused-ring (bicyclic) bond motifs is 1. The molecule has 4 heterocycles. The second-order valence-electron chi connectivity index (χ2n) is 7.96. The molecular weight excluding hydrogens is 515 g/mol. The predicted molar refractivity (Wildman–Crippen MR) is 141 cm³/mol. The first-order chi connectivity index (χ1) is 17.6. The van der Waals surface area contributed by atoms with E-state index in [0.717, 1.165) is 15.8 Å². The van der Waals surface area contributed by atoms with Gasteiger partial charge in [0.15, 0.2) is 15.9 Å². The molecule has 0 bridgehead atoms. The zero-order valence-corrected chi connectivity index (χ0v) is 21.0. The lowest BCUT2D eigenvalue weighted by Gasteiger charge is -2.22. The van der Waals surface area contributed by atoms with E-state index in [1.54, 1.807) is 12.1 Å². The van der Waals surface area contributed by atoms with E-state index in [-0.39, 0.29) is 11.3 Å². The van der Waals surface area contributed by atoms with Crippen LogP contribution >= 0.6 is 34.4 Å². The van der Waals surface area contributed by atoms with Crippen LogP contribution in [0.25, 0.3) is 11.0 Å². The number of furan rings is 1. The second kappa shape index (κ2) is 9.38. The minimum atomic E-state index is -0.835. The third kappa shape index (κ3) is 4.02. The van der Waals surface area contributed by atoms with Crippen LogP contribution in [0, 0.1) is 0 Å². The van der Waals surface area contributed by atoms with Crippen LogP contribution in [0.3, 0.4) is 0 Å². The predicted octanol–water partition coefficient (Wildman–Crippen LogP) is 6.42. The maximum Gasteiger partial charge on any atom is 0.296 e. The summed E-state index contributed by atoms with van der Waals surface area (Å²) in [4.78, 5) is 29.0. The summed E-state index contributed by atoms with van der Waals surface area (Å²) in [6.45, 7) is 0. The summed E-state index contributed by atoms with van der Waals surface area (Å²) in [5.41, 5.74) is 1.67. The number of nitrogens with zero attached hydrogens (tertiary/aromatic N) is 3. The van der Waals surface area contributed by atoms with Crippen molar-refractivity contribution in [2.75, 3.05) is 4.90 Å². The average molecular weight is 532 g/mol. The van der Waals surface area contributed by atoms with Gasteiger partial charge in [0.25, 0.3) is 5.91 Å². The van der Waals surface area contributed by atoms with E-state index in [0.29, 0.717) is 20.8 Å². The molecular formula is C26H17N3O4S3. The molecule has 0 saturated carbocycles. The highest BCUT2D eigenvalue weighted by Crippen LogP contribution is 2.45. The zero-order chi connectivity index (χ0) is 24.6. The Hall–Kier alpha value is -3.73. The monoisotopic (exact) mass is 531 g/mol. The molecule has 10 heteroatoms. The minimum Gasteiger partial charge on any atom is -0.503 e. The molecule has 0 saturated heterocycles. The smallest absolute Gasteiger partial charge is 0.296 e. The number of rotatable bonds is 7. The first kappa shape index (κ1) is 22.7. The first-order valence-corrected chi connectivity index (χ1v) is 13.6. The average Bonchev–Trinajstić information content (AvgIpc) is 3.70. The van der Waals surface area contributed by atoms with Crippen LogP contribution < -0.4 is 4.90 Å². The standard InChI is InChI=1S/C26H17N3O4S3/c30-22(18-13-16-9-4-5-10-17(16)33-18)20-21(19-11-6-12-34-19)29(24(32)23(20)31)25-27-28-26(36-25)35-14-15-7-2-1-3-8-15/h1-13,21,31H,14H2. The maximum absolute atomic E-state index is 13.6. The lowest BCUT2D eigenvalue weighted by molar-refractivity contribution is -0.117. The van der Waals surface area contributed by atoms with Gasteiger partial charge in [0.05, 0.1) is 5.57 Å². The summed E-state index contributed by atoms with van der Waals surface area (Å²) in [5.74, 6) is -1.07. The largest absolute Gasteiger partial charge is 0.503 e. The molecule has 36 heavy (non-hydrogen) atoms. The summed E-state index contributed by atoms with van der Waals surface area (Å²) >= 11 is 4.15. The zero-order valence-electron chi connectivity index (χ0n) is 18.5. The normalized spacial score (nSPS) is 15.8. The lowest BCUT2D eigenvalue weighted by Crippen LogP contribution is -2.30. The van der Waals surface area contributed by atoms with Gasteiger partial charge in [0, 0.05) is 16.0 Å². The van der Waals surface area contributed by atoms with E-state index in [1.165, 1.54) is 39.3 Å². The molecule has 2 aromatic carbocycles. The van der Waals surface area contributed by atoms with Crippen molar-refractivity contribution in [2.45, 2.75) is 16.1 Å². The van der Waals surface area contributed by atoms with Crippen LogP contribution in [0.5, 0.6) is 0 Å². The summed E-state index contributed by atoms with van der Waals surface area (Å²) in [5, 5.41) is 22.3. The Balaban J connectivity index is 1.34. The highest BCUT2D eigenvalue weighted by atomic mass is 32.2. The highest BCUT2D eigenvalue weighted by molar-refractivity contribution is 8.00. The fourth-order valence-corrected chi connectivity index (χ4v) is 6.70. The lowest BCUT2D eigenvalue weighted by atomic mass is 10.0. The number of carbonyl (C=O) groups excluding carboxylic acids is 2. The van der Waals surface area contributed by atoms with Gasteiger partial charge in [0.2, 0.25) is 10.9 Å². The number of hydrogen-bond donors (Lipinski definition) is 1. The minimum absolute atomic E-state index is 0.0322. The van der Waals surface area contributed by atoms with E-state index >= 15 is 0 Å². The second-order valence-corrected chi connectivity index (χ2v) is 11.1. The quantitative estimate of drug-likeness (QED) is 0.147. The number of thioether (sulfide) groups is 1. The number of Topliss-reactive ketones (excluding diaryl/α,β-unsaturated/α-hetero) is 1. The number of aliphatic hydroxyl groups is 1. The Kier molecular flexibility index (Phi) is 5.92. The molecule has 1 N–H and O–H groups in total. The van der Waals surface area contributed by atoms with Gasteiger partial charge in [-0.3, -0.25) is 14.5 Å². The number of thiophene rings is 1. The molecule has 1 aliphatic heterocycles. The summed E-state index contributed by atoms with van der Waals surface area (Å²) in [6, 6.07) is 21.7. The number of amides is 1. The van der Waals surface area contributed by atoms with E-state index in [2.05, 4.69) is 10.2 Å². The van der Waals surface area contributed by atoms with Crippen molar-refractivity contribution in [3.63, 3.8) is 0 Å². The number of anilines is 1. The fourth-order valence-electron chi connectivity index (χ4n) is 4.05.